The van der Waals surface area contributed by atoms with Crippen LogP contribution in [0.15, 0.2) is 41.2 Å². The third kappa shape index (κ3) is 1.61. The van der Waals surface area contributed by atoms with Gasteiger partial charge in [-0.15, -0.1) is 6.58 Å². The molecule has 7 nitrogen and oxygen atoms in total. The fourth-order valence-corrected chi connectivity index (χ4v) is 1.71. The van der Waals surface area contributed by atoms with E-state index in [1.807, 2.05) is 0 Å². The monoisotopic (exact) mass is 248 g/mol. The third-order valence-electron chi connectivity index (χ3n) is 2.53. The second-order valence-corrected chi connectivity index (χ2v) is 3.61. The number of aromatic amines is 1. The number of aromatic nitrogens is 4. The highest BCUT2D eigenvalue weighted by molar-refractivity contribution is 5.68. The molecule has 2 N–H and O–H groups in total. The highest BCUT2D eigenvalue weighted by Crippen LogP contribution is 2.04. The van der Waals surface area contributed by atoms with Gasteiger partial charge in [-0.1, -0.05) is 12.7 Å². The van der Waals surface area contributed by atoms with Crippen LogP contribution in [0.3, 0.4) is 0 Å². The number of fused-ring (bicyclic) bond motifs is 1. The standard InChI is InChI=1S/C11H12N4O3/c1-3-5-14-9-8(12-6-13-9)10(17)15(11(14)18)7(16)4-2/h3-4,6-7,16H,1-2,5H2,(H,12,13). The predicted molar refractivity (Wildman–Crippen MR) is 66.3 cm³/mol. The van der Waals surface area contributed by atoms with Crippen LogP contribution in [0.4, 0.5) is 0 Å². The Hall–Kier alpha value is -2.41. The average molecular weight is 248 g/mol. The van der Waals surface area contributed by atoms with Gasteiger partial charge in [0.15, 0.2) is 11.9 Å². The maximum Gasteiger partial charge on any atom is 0.335 e. The molecule has 18 heavy (non-hydrogen) atoms. The van der Waals surface area contributed by atoms with Crippen molar-refractivity contribution in [1.82, 2.24) is 19.1 Å². The normalized spacial score (nSPS) is 12.5. The van der Waals surface area contributed by atoms with Crippen LogP contribution in [0.1, 0.15) is 6.23 Å². The first-order valence-electron chi connectivity index (χ1n) is 5.21. The van der Waals surface area contributed by atoms with Crippen LogP contribution in [-0.4, -0.2) is 24.2 Å². The molecule has 0 bridgehead atoms. The third-order valence-corrected chi connectivity index (χ3v) is 2.53. The predicted octanol–water partition coefficient (Wildman–Crippen LogP) is -0.251. The van der Waals surface area contributed by atoms with Crippen molar-refractivity contribution < 1.29 is 5.11 Å². The number of rotatable bonds is 4. The number of aliphatic hydroxyl groups excluding tert-OH is 1. The first-order valence-corrected chi connectivity index (χ1v) is 5.21. The molecule has 2 heterocycles. The summed E-state index contributed by atoms with van der Waals surface area (Å²) in [4.78, 5) is 30.7. The SMILES string of the molecule is C=CCn1c(=O)n(C(O)C=C)c(=O)c2[nH]cnc21. The number of hydrogen-bond acceptors (Lipinski definition) is 4. The van der Waals surface area contributed by atoms with E-state index in [1.165, 1.54) is 17.0 Å². The fourth-order valence-electron chi connectivity index (χ4n) is 1.71. The molecule has 0 aliphatic carbocycles. The molecule has 0 aliphatic heterocycles. The topological polar surface area (TPSA) is 92.9 Å². The number of aliphatic hydroxyl groups is 1. The first-order chi connectivity index (χ1) is 8.61. The van der Waals surface area contributed by atoms with Crippen molar-refractivity contribution in [2.75, 3.05) is 0 Å². The molecule has 1 unspecified atom stereocenters. The van der Waals surface area contributed by atoms with Crippen LogP contribution in [0.2, 0.25) is 0 Å². The number of nitrogens with one attached hydrogen (secondary N) is 1. The van der Waals surface area contributed by atoms with Gasteiger partial charge in [0.2, 0.25) is 0 Å². The van der Waals surface area contributed by atoms with Gasteiger partial charge < -0.3 is 10.1 Å². The van der Waals surface area contributed by atoms with E-state index in [0.29, 0.717) is 4.57 Å². The highest BCUT2D eigenvalue weighted by atomic mass is 16.3. The summed E-state index contributed by atoms with van der Waals surface area (Å²) < 4.78 is 1.95. The van der Waals surface area contributed by atoms with E-state index in [9.17, 15) is 14.7 Å². The molecule has 2 rings (SSSR count). The molecule has 0 radical (unpaired) electrons. The Labute approximate surface area is 101 Å². The van der Waals surface area contributed by atoms with Crippen LogP contribution in [0.25, 0.3) is 11.2 Å². The summed E-state index contributed by atoms with van der Waals surface area (Å²) >= 11 is 0. The lowest BCUT2D eigenvalue weighted by molar-refractivity contribution is 0.144. The Kier molecular flexibility index (Phi) is 2.99. The molecule has 1 atom stereocenters. The molecule has 0 aromatic carbocycles. The van der Waals surface area contributed by atoms with Crippen LogP contribution in [0, 0.1) is 0 Å². The fraction of sp³-hybridized carbons (Fsp3) is 0.182. The minimum Gasteiger partial charge on any atom is -0.369 e. The zero-order chi connectivity index (χ0) is 13.3. The van der Waals surface area contributed by atoms with Crippen molar-refractivity contribution in [3.05, 3.63) is 52.5 Å². The Morgan fingerprint density at radius 1 is 1.50 bits per heavy atom. The van der Waals surface area contributed by atoms with Crippen molar-refractivity contribution in [1.29, 1.82) is 0 Å². The summed E-state index contributed by atoms with van der Waals surface area (Å²) in [6, 6.07) is 0. The van der Waals surface area contributed by atoms with Crippen molar-refractivity contribution in [2.24, 2.45) is 0 Å². The minimum atomic E-state index is -1.38. The second-order valence-electron chi connectivity index (χ2n) is 3.61. The van der Waals surface area contributed by atoms with Crippen molar-refractivity contribution in [3.8, 4) is 0 Å². The van der Waals surface area contributed by atoms with E-state index in [0.717, 1.165) is 6.08 Å². The summed E-state index contributed by atoms with van der Waals surface area (Å²) in [6.07, 6.45) is 2.54. The van der Waals surface area contributed by atoms with Gasteiger partial charge in [-0.25, -0.2) is 14.3 Å². The van der Waals surface area contributed by atoms with Crippen molar-refractivity contribution >= 4 is 11.2 Å². The Bertz CT molecular complexity index is 722. The maximum atomic E-state index is 12.1. The van der Waals surface area contributed by atoms with E-state index in [-0.39, 0.29) is 17.7 Å². The molecule has 2 aromatic heterocycles. The van der Waals surface area contributed by atoms with Crippen LogP contribution in [-0.2, 0) is 6.54 Å². The zero-order valence-electron chi connectivity index (χ0n) is 9.54. The molecule has 0 aliphatic rings. The van der Waals surface area contributed by atoms with Gasteiger partial charge in [0.25, 0.3) is 5.56 Å². The van der Waals surface area contributed by atoms with Gasteiger partial charge in [-0.05, 0) is 6.08 Å². The Morgan fingerprint density at radius 2 is 2.22 bits per heavy atom. The minimum absolute atomic E-state index is 0.150. The molecule has 0 saturated carbocycles. The van der Waals surface area contributed by atoms with Crippen molar-refractivity contribution in [2.45, 2.75) is 12.8 Å². The van der Waals surface area contributed by atoms with Gasteiger partial charge >= 0.3 is 5.69 Å². The molecule has 0 saturated heterocycles. The van der Waals surface area contributed by atoms with E-state index < -0.39 is 17.5 Å². The van der Waals surface area contributed by atoms with Crippen LogP contribution < -0.4 is 11.2 Å². The lowest BCUT2D eigenvalue weighted by Gasteiger charge is -2.12. The lowest BCUT2D eigenvalue weighted by Crippen LogP contribution is -2.41. The smallest absolute Gasteiger partial charge is 0.335 e. The van der Waals surface area contributed by atoms with E-state index in [4.69, 9.17) is 0 Å². The maximum absolute atomic E-state index is 12.1. The Balaban J connectivity index is 2.95. The molecule has 0 fully saturated rings. The molecule has 0 amide bonds. The Morgan fingerprint density at radius 3 is 2.83 bits per heavy atom. The number of hydrogen-bond donors (Lipinski definition) is 2. The van der Waals surface area contributed by atoms with Crippen LogP contribution in [0.5, 0.6) is 0 Å². The lowest BCUT2D eigenvalue weighted by atomic mass is 10.4. The summed E-state index contributed by atoms with van der Waals surface area (Å²) in [6.45, 7) is 7.08. The van der Waals surface area contributed by atoms with Gasteiger partial charge in [-0.3, -0.25) is 9.36 Å². The van der Waals surface area contributed by atoms with E-state index in [2.05, 4.69) is 23.1 Å². The highest BCUT2D eigenvalue weighted by Gasteiger charge is 2.17. The second kappa shape index (κ2) is 4.46. The van der Waals surface area contributed by atoms with Gasteiger partial charge in [0, 0.05) is 6.54 Å². The molecular formula is C11H12N4O3. The van der Waals surface area contributed by atoms with Gasteiger partial charge in [0.1, 0.15) is 5.52 Å². The van der Waals surface area contributed by atoms with Gasteiger partial charge in [-0.2, -0.15) is 0 Å². The number of imidazole rings is 1. The van der Waals surface area contributed by atoms with Crippen molar-refractivity contribution in [3.63, 3.8) is 0 Å². The van der Waals surface area contributed by atoms with Crippen LogP contribution >= 0.6 is 0 Å². The molecular weight excluding hydrogens is 236 g/mol. The molecule has 94 valence electrons. The molecule has 7 heteroatoms. The number of H-pyrrole nitrogens is 1. The summed E-state index contributed by atoms with van der Waals surface area (Å²) in [5, 5.41) is 9.65. The average Bonchev–Trinajstić information content (AvgIpc) is 2.83. The number of allylic oxidation sites excluding steroid dienone is 1. The molecule has 2 aromatic rings. The van der Waals surface area contributed by atoms with E-state index >= 15 is 0 Å². The summed E-state index contributed by atoms with van der Waals surface area (Å²) in [5.41, 5.74) is -0.915. The largest absolute Gasteiger partial charge is 0.369 e. The summed E-state index contributed by atoms with van der Waals surface area (Å²) in [5.74, 6) is 0. The first kappa shape index (κ1) is 12.1. The molecule has 0 spiro atoms. The van der Waals surface area contributed by atoms with Gasteiger partial charge in [0.05, 0.1) is 6.33 Å². The quantitative estimate of drug-likeness (QED) is 0.730. The van der Waals surface area contributed by atoms with E-state index in [1.54, 1.807) is 0 Å². The number of nitrogens with zero attached hydrogens (tertiary/aromatic N) is 3. The zero-order valence-corrected chi connectivity index (χ0v) is 9.54. The summed E-state index contributed by atoms with van der Waals surface area (Å²) in [7, 11) is 0.